The summed E-state index contributed by atoms with van der Waals surface area (Å²) in [4.78, 5) is 0. The highest BCUT2D eigenvalue weighted by atomic mass is 79.9. The van der Waals surface area contributed by atoms with Crippen LogP contribution in [-0.4, -0.2) is 5.33 Å². The van der Waals surface area contributed by atoms with E-state index in [0.717, 1.165) is 17.0 Å². The zero-order valence-electron chi connectivity index (χ0n) is 10.8. The molecule has 0 aliphatic rings. The first-order valence-electron chi connectivity index (χ1n) is 5.86. The Morgan fingerprint density at radius 1 is 1.17 bits per heavy atom. The van der Waals surface area contributed by atoms with E-state index in [4.69, 9.17) is 0 Å². The predicted octanol–water partition coefficient (Wildman–Crippen LogP) is 5.31. The second-order valence-corrected chi connectivity index (χ2v) is 6.27. The van der Waals surface area contributed by atoms with Gasteiger partial charge in [0, 0.05) is 5.33 Å². The lowest BCUT2D eigenvalue weighted by Gasteiger charge is -2.29. The van der Waals surface area contributed by atoms with Crippen molar-refractivity contribution in [2.45, 2.75) is 33.4 Å². The molecule has 0 radical (unpaired) electrons. The lowest BCUT2D eigenvalue weighted by molar-refractivity contribution is -0.137. The van der Waals surface area contributed by atoms with Gasteiger partial charge >= 0.3 is 6.18 Å². The van der Waals surface area contributed by atoms with Crippen molar-refractivity contribution in [1.29, 1.82) is 0 Å². The normalized spacial score (nSPS) is 14.6. The molecule has 0 N–H and O–H groups in total. The van der Waals surface area contributed by atoms with Gasteiger partial charge in [-0.2, -0.15) is 13.2 Å². The van der Waals surface area contributed by atoms with Crippen molar-refractivity contribution in [3.05, 3.63) is 35.4 Å². The third-order valence-electron chi connectivity index (χ3n) is 3.15. The summed E-state index contributed by atoms with van der Waals surface area (Å²) in [5.74, 6) is 0.306. The monoisotopic (exact) mass is 322 g/mol. The standard InChI is InChI=1S/C14H18BrF3/c1-13(2,3)12(9-15)8-10-5-4-6-11(7-10)14(16,17)18/h4-7,12H,8-9H2,1-3H3. The van der Waals surface area contributed by atoms with Crippen molar-refractivity contribution in [2.24, 2.45) is 11.3 Å². The summed E-state index contributed by atoms with van der Waals surface area (Å²) in [6.45, 7) is 6.31. The average Bonchev–Trinajstić information content (AvgIpc) is 2.23. The molecule has 0 aromatic heterocycles. The van der Waals surface area contributed by atoms with E-state index in [-0.39, 0.29) is 5.41 Å². The molecule has 1 aromatic rings. The van der Waals surface area contributed by atoms with Gasteiger partial charge in [-0.15, -0.1) is 0 Å². The van der Waals surface area contributed by atoms with Gasteiger partial charge < -0.3 is 0 Å². The topological polar surface area (TPSA) is 0 Å². The largest absolute Gasteiger partial charge is 0.416 e. The lowest BCUT2D eigenvalue weighted by atomic mass is 9.78. The summed E-state index contributed by atoms with van der Waals surface area (Å²) in [5, 5.41) is 0.784. The van der Waals surface area contributed by atoms with E-state index in [0.29, 0.717) is 12.3 Å². The second kappa shape index (κ2) is 5.64. The molecule has 0 saturated carbocycles. The predicted molar refractivity (Wildman–Crippen MR) is 71.9 cm³/mol. The SMILES string of the molecule is CC(C)(C)C(CBr)Cc1cccc(C(F)(F)F)c1. The van der Waals surface area contributed by atoms with Crippen LogP contribution in [0, 0.1) is 11.3 Å². The minimum Gasteiger partial charge on any atom is -0.166 e. The second-order valence-electron chi connectivity index (χ2n) is 5.62. The van der Waals surface area contributed by atoms with E-state index in [1.165, 1.54) is 12.1 Å². The molecule has 1 rings (SSSR count). The quantitative estimate of drug-likeness (QED) is 0.662. The van der Waals surface area contributed by atoms with Gasteiger partial charge in [0.25, 0.3) is 0 Å². The first-order valence-corrected chi connectivity index (χ1v) is 6.99. The minimum atomic E-state index is -4.26. The number of alkyl halides is 4. The van der Waals surface area contributed by atoms with Gasteiger partial charge in [-0.05, 0) is 29.4 Å². The summed E-state index contributed by atoms with van der Waals surface area (Å²) in [6.07, 6.45) is -3.61. The van der Waals surface area contributed by atoms with Crippen LogP contribution in [0.2, 0.25) is 0 Å². The Morgan fingerprint density at radius 3 is 2.22 bits per heavy atom. The smallest absolute Gasteiger partial charge is 0.166 e. The maximum Gasteiger partial charge on any atom is 0.416 e. The summed E-state index contributed by atoms with van der Waals surface area (Å²) < 4.78 is 37.8. The highest BCUT2D eigenvalue weighted by Gasteiger charge is 2.31. The molecule has 1 unspecified atom stereocenters. The van der Waals surface area contributed by atoms with Gasteiger partial charge in [0.15, 0.2) is 0 Å². The molecule has 18 heavy (non-hydrogen) atoms. The molecule has 0 spiro atoms. The lowest BCUT2D eigenvalue weighted by Crippen LogP contribution is -2.24. The Balaban J connectivity index is 2.92. The van der Waals surface area contributed by atoms with E-state index < -0.39 is 11.7 Å². The summed E-state index contributed by atoms with van der Waals surface area (Å²) in [7, 11) is 0. The third-order valence-corrected chi connectivity index (χ3v) is 3.93. The van der Waals surface area contributed by atoms with Gasteiger partial charge in [0.05, 0.1) is 5.56 Å². The fraction of sp³-hybridized carbons (Fsp3) is 0.571. The average molecular weight is 323 g/mol. The van der Waals surface area contributed by atoms with Crippen molar-refractivity contribution in [2.75, 3.05) is 5.33 Å². The molecular weight excluding hydrogens is 305 g/mol. The summed E-state index contributed by atoms with van der Waals surface area (Å²) >= 11 is 3.44. The van der Waals surface area contributed by atoms with Crippen LogP contribution in [0.15, 0.2) is 24.3 Å². The van der Waals surface area contributed by atoms with Crippen molar-refractivity contribution >= 4 is 15.9 Å². The molecular formula is C14H18BrF3. The van der Waals surface area contributed by atoms with E-state index >= 15 is 0 Å². The van der Waals surface area contributed by atoms with Gasteiger partial charge in [-0.3, -0.25) is 0 Å². The zero-order chi connectivity index (χ0) is 14.0. The summed E-state index contributed by atoms with van der Waals surface area (Å²) in [6, 6.07) is 5.61. The Bertz CT molecular complexity index is 391. The maximum absolute atomic E-state index is 12.6. The fourth-order valence-corrected chi connectivity index (χ4v) is 2.95. The Morgan fingerprint density at radius 2 is 1.78 bits per heavy atom. The van der Waals surface area contributed by atoms with Gasteiger partial charge in [-0.25, -0.2) is 0 Å². The van der Waals surface area contributed by atoms with E-state index in [1.54, 1.807) is 6.07 Å². The first kappa shape index (κ1) is 15.5. The van der Waals surface area contributed by atoms with Gasteiger partial charge in [0.1, 0.15) is 0 Å². The molecule has 1 aromatic carbocycles. The van der Waals surface area contributed by atoms with Crippen LogP contribution in [-0.2, 0) is 12.6 Å². The van der Waals surface area contributed by atoms with Crippen LogP contribution in [0.5, 0.6) is 0 Å². The molecule has 0 saturated heterocycles. The Kier molecular flexibility index (Phi) is 4.87. The van der Waals surface area contributed by atoms with Gasteiger partial charge in [0.2, 0.25) is 0 Å². The fourth-order valence-electron chi connectivity index (χ4n) is 1.75. The molecule has 0 aliphatic carbocycles. The molecule has 0 amide bonds. The Hall–Kier alpha value is -0.510. The minimum absolute atomic E-state index is 0.0672. The summed E-state index contributed by atoms with van der Waals surface area (Å²) in [5.41, 5.74) is 0.240. The van der Waals surface area contributed by atoms with E-state index in [1.807, 2.05) is 0 Å². The van der Waals surface area contributed by atoms with Crippen LogP contribution < -0.4 is 0 Å². The zero-order valence-corrected chi connectivity index (χ0v) is 12.4. The molecule has 0 bridgehead atoms. The maximum atomic E-state index is 12.6. The van der Waals surface area contributed by atoms with Crippen molar-refractivity contribution in [3.63, 3.8) is 0 Å². The number of rotatable bonds is 3. The molecule has 102 valence electrons. The van der Waals surface area contributed by atoms with Crippen LogP contribution in [0.1, 0.15) is 31.9 Å². The first-order chi connectivity index (χ1) is 8.14. The van der Waals surface area contributed by atoms with Crippen LogP contribution in [0.3, 0.4) is 0 Å². The molecule has 0 fully saturated rings. The van der Waals surface area contributed by atoms with E-state index in [2.05, 4.69) is 36.7 Å². The van der Waals surface area contributed by atoms with Crippen molar-refractivity contribution in [3.8, 4) is 0 Å². The molecule has 1 atom stereocenters. The third kappa shape index (κ3) is 4.30. The number of benzene rings is 1. The van der Waals surface area contributed by atoms with Crippen molar-refractivity contribution < 1.29 is 13.2 Å². The molecule has 0 aliphatic heterocycles. The van der Waals surface area contributed by atoms with Crippen molar-refractivity contribution in [1.82, 2.24) is 0 Å². The van der Waals surface area contributed by atoms with Crippen LogP contribution in [0.4, 0.5) is 13.2 Å². The molecule has 0 heterocycles. The van der Waals surface area contributed by atoms with Crippen LogP contribution >= 0.6 is 15.9 Å². The highest BCUT2D eigenvalue weighted by Crippen LogP contribution is 2.33. The number of hydrogen-bond acceptors (Lipinski definition) is 0. The van der Waals surface area contributed by atoms with E-state index in [9.17, 15) is 13.2 Å². The van der Waals surface area contributed by atoms with Crippen LogP contribution in [0.25, 0.3) is 0 Å². The highest BCUT2D eigenvalue weighted by molar-refractivity contribution is 9.09. The van der Waals surface area contributed by atoms with Gasteiger partial charge in [-0.1, -0.05) is 54.9 Å². The number of hydrogen-bond donors (Lipinski definition) is 0. The Labute approximate surface area is 115 Å². The number of halogens is 4. The molecule has 4 heteroatoms. The molecule has 0 nitrogen and oxygen atoms in total.